The summed E-state index contributed by atoms with van der Waals surface area (Å²) in [5.74, 6) is 0.303. The molecule has 0 saturated carbocycles. The molecule has 0 atom stereocenters. The fraction of sp³-hybridized carbons (Fsp3) is 0.556. The highest BCUT2D eigenvalue weighted by molar-refractivity contribution is 6.03. The number of carbonyl (C=O) groups excluding carboxylic acids is 2. The summed E-state index contributed by atoms with van der Waals surface area (Å²) in [7, 11) is 7.91. The molecule has 1 aromatic rings. The number of amides is 1. The lowest BCUT2D eigenvalue weighted by atomic mass is 9.88. The number of rotatable bonds is 4. The first-order chi connectivity index (χ1) is 10.8. The molecular formula is C18H27N3O2. The molecule has 0 radical (unpaired) electrons. The number of likely N-dealkylation sites (tertiary alicyclic amines) is 1. The minimum absolute atomic E-state index is 0.00880. The summed E-state index contributed by atoms with van der Waals surface area (Å²) in [5, 5.41) is 0. The van der Waals surface area contributed by atoms with Crippen LogP contribution in [0.25, 0.3) is 0 Å². The SMILES string of the molecule is CC(=O)N1CCC(C(=O)c2ccc(N(C)C)cc2N(C)C)CC1. The molecule has 1 heterocycles. The summed E-state index contributed by atoms with van der Waals surface area (Å²) in [4.78, 5) is 30.2. The van der Waals surface area contributed by atoms with Gasteiger partial charge in [-0.25, -0.2) is 0 Å². The first-order valence-corrected chi connectivity index (χ1v) is 8.09. The van der Waals surface area contributed by atoms with Gasteiger partial charge in [0.25, 0.3) is 0 Å². The molecule has 5 nitrogen and oxygen atoms in total. The zero-order chi connectivity index (χ0) is 17.1. The zero-order valence-electron chi connectivity index (χ0n) is 14.8. The van der Waals surface area contributed by atoms with E-state index in [1.54, 1.807) is 6.92 Å². The number of carbonyl (C=O) groups is 2. The van der Waals surface area contributed by atoms with Gasteiger partial charge in [-0.1, -0.05) is 0 Å². The van der Waals surface area contributed by atoms with Gasteiger partial charge >= 0.3 is 0 Å². The van der Waals surface area contributed by atoms with E-state index in [1.807, 2.05) is 55.0 Å². The first-order valence-electron chi connectivity index (χ1n) is 8.09. The molecule has 1 aliphatic heterocycles. The Kier molecular flexibility index (Phi) is 5.29. The Hall–Kier alpha value is -2.04. The van der Waals surface area contributed by atoms with Crippen molar-refractivity contribution >= 4 is 23.1 Å². The monoisotopic (exact) mass is 317 g/mol. The van der Waals surface area contributed by atoms with Crippen molar-refractivity contribution < 1.29 is 9.59 Å². The Morgan fingerprint density at radius 1 is 1.04 bits per heavy atom. The van der Waals surface area contributed by atoms with Crippen LogP contribution in [0, 0.1) is 5.92 Å². The van der Waals surface area contributed by atoms with Crippen LogP contribution in [0.15, 0.2) is 18.2 Å². The molecule has 0 spiro atoms. The van der Waals surface area contributed by atoms with Gasteiger partial charge in [0.1, 0.15) is 0 Å². The molecule has 1 saturated heterocycles. The summed E-state index contributed by atoms with van der Waals surface area (Å²) < 4.78 is 0. The van der Waals surface area contributed by atoms with Gasteiger partial charge in [-0.05, 0) is 31.0 Å². The normalized spacial score (nSPS) is 15.4. The smallest absolute Gasteiger partial charge is 0.219 e. The van der Waals surface area contributed by atoms with Crippen LogP contribution in [0.4, 0.5) is 11.4 Å². The van der Waals surface area contributed by atoms with Crippen LogP contribution >= 0.6 is 0 Å². The molecule has 5 heteroatoms. The highest BCUT2D eigenvalue weighted by Gasteiger charge is 2.28. The highest BCUT2D eigenvalue weighted by atomic mass is 16.2. The fourth-order valence-electron chi connectivity index (χ4n) is 3.05. The van der Waals surface area contributed by atoms with E-state index in [0.29, 0.717) is 13.1 Å². The Morgan fingerprint density at radius 3 is 2.13 bits per heavy atom. The molecule has 1 fully saturated rings. The van der Waals surface area contributed by atoms with Gasteiger partial charge in [-0.2, -0.15) is 0 Å². The molecule has 2 rings (SSSR count). The third-order valence-electron chi connectivity index (χ3n) is 4.56. The Balaban J connectivity index is 2.21. The van der Waals surface area contributed by atoms with Crippen molar-refractivity contribution in [1.82, 2.24) is 4.90 Å². The lowest BCUT2D eigenvalue weighted by molar-refractivity contribution is -0.130. The van der Waals surface area contributed by atoms with Crippen molar-refractivity contribution in [3.63, 3.8) is 0 Å². The number of piperidine rings is 1. The van der Waals surface area contributed by atoms with Crippen LogP contribution in [-0.4, -0.2) is 57.9 Å². The average molecular weight is 317 g/mol. The van der Waals surface area contributed by atoms with Gasteiger partial charge in [-0.15, -0.1) is 0 Å². The van der Waals surface area contributed by atoms with E-state index in [-0.39, 0.29) is 17.6 Å². The number of hydrogen-bond donors (Lipinski definition) is 0. The zero-order valence-corrected chi connectivity index (χ0v) is 14.8. The summed E-state index contributed by atoms with van der Waals surface area (Å²) >= 11 is 0. The summed E-state index contributed by atoms with van der Waals surface area (Å²) in [6.07, 6.45) is 1.50. The van der Waals surface area contributed by atoms with Gasteiger partial charge in [0.15, 0.2) is 5.78 Å². The first kappa shape index (κ1) is 17.3. The minimum Gasteiger partial charge on any atom is -0.378 e. The number of hydrogen-bond acceptors (Lipinski definition) is 4. The number of anilines is 2. The van der Waals surface area contributed by atoms with Crippen LogP contribution < -0.4 is 9.80 Å². The summed E-state index contributed by atoms with van der Waals surface area (Å²) in [6.45, 7) is 2.95. The standard InChI is InChI=1S/C18H27N3O2/c1-13(22)21-10-8-14(9-11-21)18(23)16-7-6-15(19(2)3)12-17(16)20(4)5/h6-7,12,14H,8-11H2,1-5H3. The van der Waals surface area contributed by atoms with Crippen LogP contribution in [0.5, 0.6) is 0 Å². The molecule has 0 aromatic heterocycles. The van der Waals surface area contributed by atoms with Crippen LogP contribution in [-0.2, 0) is 4.79 Å². The fourth-order valence-corrected chi connectivity index (χ4v) is 3.05. The van der Waals surface area contributed by atoms with Crippen LogP contribution in [0.2, 0.25) is 0 Å². The molecule has 1 amide bonds. The van der Waals surface area contributed by atoms with Crippen LogP contribution in [0.1, 0.15) is 30.1 Å². The maximum Gasteiger partial charge on any atom is 0.219 e. The van der Waals surface area contributed by atoms with Crippen molar-refractivity contribution in [3.05, 3.63) is 23.8 Å². The third kappa shape index (κ3) is 3.84. The molecule has 0 bridgehead atoms. The summed E-state index contributed by atoms with van der Waals surface area (Å²) in [5.41, 5.74) is 2.81. The molecule has 0 N–H and O–H groups in total. The summed E-state index contributed by atoms with van der Waals surface area (Å²) in [6, 6.07) is 5.98. The Labute approximate surface area is 138 Å². The Morgan fingerprint density at radius 2 is 1.65 bits per heavy atom. The van der Waals surface area contributed by atoms with Crippen molar-refractivity contribution in [2.24, 2.45) is 5.92 Å². The maximum atomic E-state index is 12.9. The van der Waals surface area contributed by atoms with Crippen molar-refractivity contribution in [3.8, 4) is 0 Å². The van der Waals surface area contributed by atoms with Gasteiger partial charge in [-0.3, -0.25) is 9.59 Å². The topological polar surface area (TPSA) is 43.9 Å². The van der Waals surface area contributed by atoms with Gasteiger partial charge < -0.3 is 14.7 Å². The molecule has 1 aromatic carbocycles. The van der Waals surface area contributed by atoms with E-state index in [2.05, 4.69) is 6.07 Å². The molecular weight excluding hydrogens is 290 g/mol. The quantitative estimate of drug-likeness (QED) is 0.799. The average Bonchev–Trinajstić information content (AvgIpc) is 2.53. The number of nitrogens with zero attached hydrogens (tertiary/aromatic N) is 3. The molecule has 23 heavy (non-hydrogen) atoms. The highest BCUT2D eigenvalue weighted by Crippen LogP contribution is 2.30. The van der Waals surface area contributed by atoms with E-state index in [4.69, 9.17) is 0 Å². The van der Waals surface area contributed by atoms with E-state index in [9.17, 15) is 9.59 Å². The predicted octanol–water partition coefficient (Wildman–Crippen LogP) is 2.26. The lowest BCUT2D eigenvalue weighted by Crippen LogP contribution is -2.39. The van der Waals surface area contributed by atoms with Crippen molar-refractivity contribution in [2.75, 3.05) is 51.1 Å². The largest absolute Gasteiger partial charge is 0.378 e. The van der Waals surface area contributed by atoms with Gasteiger partial charge in [0.05, 0.1) is 0 Å². The Bertz CT molecular complexity index is 588. The number of ketones is 1. The molecule has 126 valence electrons. The lowest BCUT2D eigenvalue weighted by Gasteiger charge is -2.31. The second kappa shape index (κ2) is 7.02. The minimum atomic E-state index is 0.00880. The molecule has 0 unspecified atom stereocenters. The van der Waals surface area contributed by atoms with Crippen LogP contribution in [0.3, 0.4) is 0 Å². The van der Waals surface area contributed by atoms with E-state index in [1.165, 1.54) is 0 Å². The van der Waals surface area contributed by atoms with Crippen molar-refractivity contribution in [2.45, 2.75) is 19.8 Å². The number of Topliss-reactive ketones (excluding diaryl/α,β-unsaturated/α-hetero) is 1. The second-order valence-electron chi connectivity index (χ2n) is 6.63. The maximum absolute atomic E-state index is 12.9. The second-order valence-corrected chi connectivity index (χ2v) is 6.63. The predicted molar refractivity (Wildman–Crippen MR) is 94.4 cm³/mol. The number of benzene rings is 1. The van der Waals surface area contributed by atoms with E-state index >= 15 is 0 Å². The van der Waals surface area contributed by atoms with Gasteiger partial charge in [0.2, 0.25) is 5.91 Å². The van der Waals surface area contributed by atoms with Crippen molar-refractivity contribution in [1.29, 1.82) is 0 Å². The van der Waals surface area contributed by atoms with E-state index in [0.717, 1.165) is 29.8 Å². The molecule has 1 aliphatic rings. The molecule has 0 aliphatic carbocycles. The van der Waals surface area contributed by atoms with Gasteiger partial charge in [0, 0.05) is 71.1 Å². The third-order valence-corrected chi connectivity index (χ3v) is 4.56. The van der Waals surface area contributed by atoms with E-state index < -0.39 is 0 Å².